The average molecular weight is 436 g/mol. The van der Waals surface area contributed by atoms with Crippen molar-refractivity contribution in [1.82, 2.24) is 14.5 Å². The lowest BCUT2D eigenvalue weighted by atomic mass is 10.0. The Morgan fingerprint density at radius 3 is 2.55 bits per heavy atom. The van der Waals surface area contributed by atoms with E-state index < -0.39 is 10.0 Å². The van der Waals surface area contributed by atoms with Gasteiger partial charge >= 0.3 is 0 Å². The molecule has 6 nitrogen and oxygen atoms in total. The average Bonchev–Trinajstić information content (AvgIpc) is 3.22. The summed E-state index contributed by atoms with van der Waals surface area (Å²) in [5, 5.41) is 5.07. The zero-order valence-corrected chi connectivity index (χ0v) is 18.5. The number of amides is 1. The molecule has 1 saturated heterocycles. The van der Waals surface area contributed by atoms with Gasteiger partial charge in [-0.15, -0.1) is 11.3 Å². The summed E-state index contributed by atoms with van der Waals surface area (Å²) in [5.74, 6) is 0.162. The molecule has 0 unspecified atom stereocenters. The Kier molecular flexibility index (Phi) is 7.83. The number of nitrogens with zero attached hydrogens (tertiary/aromatic N) is 2. The minimum absolute atomic E-state index is 0.0543. The van der Waals surface area contributed by atoms with Gasteiger partial charge in [0.1, 0.15) is 0 Å². The van der Waals surface area contributed by atoms with Gasteiger partial charge in [0.25, 0.3) is 5.91 Å². The van der Waals surface area contributed by atoms with E-state index in [1.165, 1.54) is 4.88 Å². The molecular formula is C21H29N3O3S2. The lowest BCUT2D eigenvalue weighted by Crippen LogP contribution is -2.50. The zero-order valence-electron chi connectivity index (χ0n) is 16.8. The van der Waals surface area contributed by atoms with Crippen molar-refractivity contribution in [2.75, 3.05) is 45.0 Å². The van der Waals surface area contributed by atoms with Gasteiger partial charge in [-0.05, 0) is 29.5 Å². The summed E-state index contributed by atoms with van der Waals surface area (Å²) in [6.07, 6.45) is 1.40. The Bertz CT molecular complexity index is 890. The fourth-order valence-corrected chi connectivity index (χ4v) is 5.76. The van der Waals surface area contributed by atoms with E-state index in [0.29, 0.717) is 39.1 Å². The number of benzene rings is 1. The van der Waals surface area contributed by atoms with E-state index in [1.54, 1.807) is 15.6 Å². The second-order valence-corrected chi connectivity index (χ2v) is 10.3. The highest BCUT2D eigenvalue weighted by Gasteiger charge is 2.25. The number of hydrogen-bond acceptors (Lipinski definition) is 5. The van der Waals surface area contributed by atoms with Crippen molar-refractivity contribution >= 4 is 27.3 Å². The standard InChI is InChI=1S/C21H29N3O3S2/c1-2-16-29(26,27)24-13-11-23(12-14-24)10-9-22-21(25)20-8-4-3-6-18(20)17-19-7-5-15-28-19/h3-8,15H,2,9-14,16-17H2,1H3,(H,22,25). The van der Waals surface area contributed by atoms with Crippen LogP contribution in [0.4, 0.5) is 0 Å². The van der Waals surface area contributed by atoms with Gasteiger partial charge in [-0.25, -0.2) is 8.42 Å². The first kappa shape index (κ1) is 22.0. The smallest absolute Gasteiger partial charge is 0.251 e. The third-order valence-corrected chi connectivity index (χ3v) is 8.06. The van der Waals surface area contributed by atoms with E-state index in [2.05, 4.69) is 16.3 Å². The molecule has 1 aliphatic heterocycles. The molecule has 1 amide bonds. The molecule has 29 heavy (non-hydrogen) atoms. The molecule has 2 aromatic rings. The van der Waals surface area contributed by atoms with Crippen molar-refractivity contribution in [3.05, 3.63) is 57.8 Å². The first-order valence-electron chi connectivity index (χ1n) is 10.1. The van der Waals surface area contributed by atoms with Gasteiger partial charge in [-0.3, -0.25) is 9.69 Å². The van der Waals surface area contributed by atoms with Gasteiger partial charge in [0.2, 0.25) is 10.0 Å². The van der Waals surface area contributed by atoms with Crippen LogP contribution in [0, 0.1) is 0 Å². The fourth-order valence-electron chi connectivity index (χ4n) is 3.54. The minimum Gasteiger partial charge on any atom is -0.351 e. The zero-order chi connectivity index (χ0) is 20.7. The van der Waals surface area contributed by atoms with Crippen LogP contribution in [0.5, 0.6) is 0 Å². The van der Waals surface area contributed by atoms with Crippen molar-refractivity contribution in [3.63, 3.8) is 0 Å². The molecule has 1 aromatic carbocycles. The quantitative estimate of drug-likeness (QED) is 0.657. The summed E-state index contributed by atoms with van der Waals surface area (Å²) in [5.41, 5.74) is 1.75. The van der Waals surface area contributed by atoms with Crippen LogP contribution in [0.25, 0.3) is 0 Å². The lowest BCUT2D eigenvalue weighted by Gasteiger charge is -2.33. The van der Waals surface area contributed by atoms with Gasteiger partial charge in [0, 0.05) is 56.1 Å². The summed E-state index contributed by atoms with van der Waals surface area (Å²) in [4.78, 5) is 16.1. The van der Waals surface area contributed by atoms with Gasteiger partial charge in [-0.2, -0.15) is 4.31 Å². The number of piperazine rings is 1. The molecule has 0 aliphatic carbocycles. The van der Waals surface area contributed by atoms with E-state index in [9.17, 15) is 13.2 Å². The summed E-state index contributed by atoms with van der Waals surface area (Å²) in [6.45, 7) is 5.62. The van der Waals surface area contributed by atoms with Crippen LogP contribution in [0.1, 0.15) is 34.1 Å². The molecule has 1 aliphatic rings. The van der Waals surface area contributed by atoms with Gasteiger partial charge < -0.3 is 5.32 Å². The largest absolute Gasteiger partial charge is 0.351 e. The maximum atomic E-state index is 12.7. The fraction of sp³-hybridized carbons (Fsp3) is 0.476. The maximum absolute atomic E-state index is 12.7. The van der Waals surface area contributed by atoms with Gasteiger partial charge in [0.15, 0.2) is 0 Å². The predicted octanol–water partition coefficient (Wildman–Crippen LogP) is 2.43. The highest BCUT2D eigenvalue weighted by atomic mass is 32.2. The predicted molar refractivity (Wildman–Crippen MR) is 118 cm³/mol. The van der Waals surface area contributed by atoms with E-state index in [0.717, 1.165) is 24.1 Å². The number of rotatable bonds is 9. The molecule has 0 radical (unpaired) electrons. The molecule has 1 fully saturated rings. The third-order valence-electron chi connectivity index (χ3n) is 5.11. The summed E-state index contributed by atoms with van der Waals surface area (Å²) in [7, 11) is -3.12. The number of sulfonamides is 1. The summed E-state index contributed by atoms with van der Waals surface area (Å²) in [6, 6.07) is 11.8. The number of thiophene rings is 1. The van der Waals surface area contributed by atoms with Crippen LogP contribution >= 0.6 is 11.3 Å². The van der Waals surface area contributed by atoms with Crippen LogP contribution in [0.15, 0.2) is 41.8 Å². The van der Waals surface area contributed by atoms with Crippen LogP contribution in [0.2, 0.25) is 0 Å². The monoisotopic (exact) mass is 435 g/mol. The van der Waals surface area contributed by atoms with E-state index in [4.69, 9.17) is 0 Å². The van der Waals surface area contributed by atoms with Crippen LogP contribution in [-0.4, -0.2) is 68.6 Å². The highest BCUT2D eigenvalue weighted by Crippen LogP contribution is 2.18. The Morgan fingerprint density at radius 2 is 1.86 bits per heavy atom. The molecule has 0 bridgehead atoms. The van der Waals surface area contributed by atoms with Crippen molar-refractivity contribution in [2.24, 2.45) is 0 Å². The molecule has 8 heteroatoms. The second kappa shape index (κ2) is 10.3. The topological polar surface area (TPSA) is 69.7 Å². The van der Waals surface area contributed by atoms with Crippen LogP contribution < -0.4 is 5.32 Å². The Labute approximate surface area is 177 Å². The molecule has 1 N–H and O–H groups in total. The molecule has 0 atom stereocenters. The number of nitrogens with one attached hydrogen (secondary N) is 1. The first-order valence-corrected chi connectivity index (χ1v) is 12.6. The molecule has 1 aromatic heterocycles. The van der Waals surface area contributed by atoms with E-state index in [-0.39, 0.29) is 11.7 Å². The number of carbonyl (C=O) groups excluding carboxylic acids is 1. The maximum Gasteiger partial charge on any atom is 0.251 e. The SMILES string of the molecule is CCCS(=O)(=O)N1CCN(CCNC(=O)c2ccccc2Cc2cccs2)CC1. The third kappa shape index (κ3) is 6.12. The normalized spacial score (nSPS) is 16.0. The van der Waals surface area contributed by atoms with Crippen molar-refractivity contribution in [1.29, 1.82) is 0 Å². The van der Waals surface area contributed by atoms with E-state index in [1.807, 2.05) is 42.6 Å². The molecular weight excluding hydrogens is 406 g/mol. The summed E-state index contributed by atoms with van der Waals surface area (Å²) < 4.78 is 25.9. The van der Waals surface area contributed by atoms with Gasteiger partial charge in [-0.1, -0.05) is 31.2 Å². The molecule has 0 spiro atoms. The van der Waals surface area contributed by atoms with E-state index >= 15 is 0 Å². The lowest BCUT2D eigenvalue weighted by molar-refractivity contribution is 0.0944. The number of carbonyl (C=O) groups is 1. The minimum atomic E-state index is -3.12. The molecule has 158 valence electrons. The highest BCUT2D eigenvalue weighted by molar-refractivity contribution is 7.89. The van der Waals surface area contributed by atoms with Crippen molar-refractivity contribution in [2.45, 2.75) is 19.8 Å². The first-order chi connectivity index (χ1) is 14.0. The van der Waals surface area contributed by atoms with Crippen molar-refractivity contribution in [3.8, 4) is 0 Å². The van der Waals surface area contributed by atoms with Crippen LogP contribution in [-0.2, 0) is 16.4 Å². The van der Waals surface area contributed by atoms with Crippen LogP contribution in [0.3, 0.4) is 0 Å². The molecule has 2 heterocycles. The van der Waals surface area contributed by atoms with Gasteiger partial charge in [0.05, 0.1) is 5.75 Å². The number of hydrogen-bond donors (Lipinski definition) is 1. The molecule has 3 rings (SSSR count). The Balaban J connectivity index is 1.47. The van der Waals surface area contributed by atoms with Crippen molar-refractivity contribution < 1.29 is 13.2 Å². The summed E-state index contributed by atoms with van der Waals surface area (Å²) >= 11 is 1.69. The Hall–Kier alpha value is -1.74. The second-order valence-electron chi connectivity index (χ2n) is 7.23. The Morgan fingerprint density at radius 1 is 1.10 bits per heavy atom. The molecule has 0 saturated carbocycles.